The molecule has 0 unspecified atom stereocenters. The summed E-state index contributed by atoms with van der Waals surface area (Å²) in [6.45, 7) is 0.723. The van der Waals surface area contributed by atoms with Crippen molar-refractivity contribution in [1.29, 1.82) is 0 Å². The van der Waals surface area contributed by atoms with E-state index in [1.807, 2.05) is 30.3 Å². The highest BCUT2D eigenvalue weighted by molar-refractivity contribution is 6.31. The summed E-state index contributed by atoms with van der Waals surface area (Å²) in [6, 6.07) is 17.6. The predicted octanol–water partition coefficient (Wildman–Crippen LogP) is 2.94. The van der Waals surface area contributed by atoms with E-state index in [2.05, 4.69) is 16.0 Å². The Balaban J connectivity index is 1.72. The first kappa shape index (κ1) is 22.3. The Labute approximate surface area is 185 Å². The lowest BCUT2D eigenvalue weighted by Crippen LogP contribution is -2.37. The van der Waals surface area contributed by atoms with Crippen LogP contribution < -0.4 is 21.7 Å². The fourth-order valence-electron chi connectivity index (χ4n) is 2.99. The van der Waals surface area contributed by atoms with Crippen molar-refractivity contribution in [1.82, 2.24) is 10.6 Å². The first-order chi connectivity index (χ1) is 15.0. The molecular formula is C23H23ClN4O3. The van der Waals surface area contributed by atoms with Gasteiger partial charge in [-0.2, -0.15) is 0 Å². The van der Waals surface area contributed by atoms with Crippen molar-refractivity contribution in [2.24, 2.45) is 5.73 Å². The number of halogens is 1. The van der Waals surface area contributed by atoms with Crippen molar-refractivity contribution >= 4 is 45.8 Å². The van der Waals surface area contributed by atoms with E-state index in [1.54, 1.807) is 18.2 Å². The van der Waals surface area contributed by atoms with E-state index >= 15 is 0 Å². The Hall–Kier alpha value is -3.42. The van der Waals surface area contributed by atoms with Gasteiger partial charge in [0.25, 0.3) is 11.8 Å². The molecule has 3 rings (SSSR count). The minimum Gasteiger partial charge on any atom is -0.355 e. The SMILES string of the molecule is NCCCNC(=O)CNC(=O)c1ccc(Cl)cc1NC(=O)c1ccc2ccccc2c1. The average molecular weight is 439 g/mol. The number of hydrogen-bond acceptors (Lipinski definition) is 4. The van der Waals surface area contributed by atoms with E-state index in [4.69, 9.17) is 17.3 Å². The lowest BCUT2D eigenvalue weighted by molar-refractivity contribution is -0.120. The minimum atomic E-state index is -0.501. The Morgan fingerprint density at radius 2 is 1.65 bits per heavy atom. The van der Waals surface area contributed by atoms with Crippen LogP contribution in [0.4, 0.5) is 5.69 Å². The van der Waals surface area contributed by atoms with Gasteiger partial charge in [-0.05, 0) is 54.1 Å². The van der Waals surface area contributed by atoms with Gasteiger partial charge in [-0.1, -0.05) is 41.9 Å². The molecule has 160 valence electrons. The molecule has 0 atom stereocenters. The summed E-state index contributed by atoms with van der Waals surface area (Å²) in [5.74, 6) is -1.20. The lowest BCUT2D eigenvalue weighted by atomic mass is 10.1. The molecule has 3 aromatic rings. The number of benzene rings is 3. The van der Waals surface area contributed by atoms with Crippen molar-refractivity contribution in [3.05, 3.63) is 76.8 Å². The van der Waals surface area contributed by atoms with Gasteiger partial charge in [-0.15, -0.1) is 0 Å². The molecule has 0 aliphatic heterocycles. The van der Waals surface area contributed by atoms with Crippen molar-refractivity contribution in [3.63, 3.8) is 0 Å². The van der Waals surface area contributed by atoms with Crippen molar-refractivity contribution in [2.45, 2.75) is 6.42 Å². The van der Waals surface area contributed by atoms with E-state index in [9.17, 15) is 14.4 Å². The molecule has 8 heteroatoms. The van der Waals surface area contributed by atoms with Gasteiger partial charge >= 0.3 is 0 Å². The Bertz CT molecular complexity index is 1120. The van der Waals surface area contributed by atoms with Gasteiger partial charge in [-0.3, -0.25) is 14.4 Å². The molecule has 0 saturated heterocycles. The number of fused-ring (bicyclic) bond motifs is 1. The quantitative estimate of drug-likeness (QED) is 0.405. The molecule has 3 amide bonds. The highest BCUT2D eigenvalue weighted by Gasteiger charge is 2.16. The van der Waals surface area contributed by atoms with Crippen LogP contribution >= 0.6 is 11.6 Å². The molecule has 5 N–H and O–H groups in total. The number of anilines is 1. The normalized spacial score (nSPS) is 10.5. The van der Waals surface area contributed by atoms with Crippen LogP contribution in [0.1, 0.15) is 27.1 Å². The van der Waals surface area contributed by atoms with Gasteiger partial charge in [0.15, 0.2) is 0 Å². The zero-order valence-corrected chi connectivity index (χ0v) is 17.5. The van der Waals surface area contributed by atoms with E-state index < -0.39 is 5.91 Å². The maximum absolute atomic E-state index is 12.8. The zero-order valence-electron chi connectivity index (χ0n) is 16.8. The van der Waals surface area contributed by atoms with Crippen LogP contribution in [0.3, 0.4) is 0 Å². The van der Waals surface area contributed by atoms with Crippen LogP contribution in [0.15, 0.2) is 60.7 Å². The Kier molecular flexibility index (Phi) is 7.59. The number of amides is 3. The average Bonchev–Trinajstić information content (AvgIpc) is 2.77. The van der Waals surface area contributed by atoms with Crippen LogP contribution in [-0.2, 0) is 4.79 Å². The number of rotatable bonds is 8. The highest BCUT2D eigenvalue weighted by atomic mass is 35.5. The van der Waals surface area contributed by atoms with Gasteiger partial charge in [-0.25, -0.2) is 0 Å². The molecule has 0 bridgehead atoms. The largest absolute Gasteiger partial charge is 0.355 e. The second-order valence-electron chi connectivity index (χ2n) is 6.88. The summed E-state index contributed by atoms with van der Waals surface area (Å²) in [5, 5.41) is 10.3. The Morgan fingerprint density at radius 3 is 2.42 bits per heavy atom. The monoisotopic (exact) mass is 438 g/mol. The fourth-order valence-corrected chi connectivity index (χ4v) is 3.16. The molecule has 0 spiro atoms. The molecule has 0 aliphatic carbocycles. The molecule has 0 radical (unpaired) electrons. The molecule has 3 aromatic carbocycles. The van der Waals surface area contributed by atoms with E-state index in [1.165, 1.54) is 12.1 Å². The molecular weight excluding hydrogens is 416 g/mol. The summed E-state index contributed by atoms with van der Waals surface area (Å²) >= 11 is 6.07. The van der Waals surface area contributed by atoms with Crippen molar-refractivity contribution < 1.29 is 14.4 Å². The first-order valence-corrected chi connectivity index (χ1v) is 10.2. The lowest BCUT2D eigenvalue weighted by Gasteiger charge is -2.13. The third-order valence-electron chi connectivity index (χ3n) is 4.60. The maximum atomic E-state index is 12.8. The third-order valence-corrected chi connectivity index (χ3v) is 4.83. The molecule has 0 aliphatic rings. The zero-order chi connectivity index (χ0) is 22.2. The molecule has 0 aromatic heterocycles. The van der Waals surface area contributed by atoms with Crippen LogP contribution in [0.25, 0.3) is 10.8 Å². The first-order valence-electron chi connectivity index (χ1n) is 9.82. The molecule has 7 nitrogen and oxygen atoms in total. The van der Waals surface area contributed by atoms with Crippen LogP contribution in [0.2, 0.25) is 5.02 Å². The van der Waals surface area contributed by atoms with Gasteiger partial charge in [0.2, 0.25) is 5.91 Å². The van der Waals surface area contributed by atoms with Crippen molar-refractivity contribution in [3.8, 4) is 0 Å². The smallest absolute Gasteiger partial charge is 0.255 e. The summed E-state index contributed by atoms with van der Waals surface area (Å²) in [4.78, 5) is 37.2. The summed E-state index contributed by atoms with van der Waals surface area (Å²) in [5.41, 5.74) is 6.29. The summed E-state index contributed by atoms with van der Waals surface area (Å²) < 4.78 is 0. The van der Waals surface area contributed by atoms with Crippen LogP contribution in [0.5, 0.6) is 0 Å². The molecule has 31 heavy (non-hydrogen) atoms. The highest BCUT2D eigenvalue weighted by Crippen LogP contribution is 2.23. The number of carbonyl (C=O) groups excluding carboxylic acids is 3. The molecule has 0 heterocycles. The van der Waals surface area contributed by atoms with E-state index in [-0.39, 0.29) is 29.6 Å². The third kappa shape index (κ3) is 6.04. The van der Waals surface area contributed by atoms with Crippen LogP contribution in [0, 0.1) is 0 Å². The summed E-state index contributed by atoms with van der Waals surface area (Å²) in [7, 11) is 0. The fraction of sp³-hybridized carbons (Fsp3) is 0.174. The number of nitrogens with two attached hydrogens (primary N) is 1. The summed E-state index contributed by atoms with van der Waals surface area (Å²) in [6.07, 6.45) is 0.655. The van der Waals surface area contributed by atoms with E-state index in [0.717, 1.165) is 10.8 Å². The van der Waals surface area contributed by atoms with Gasteiger partial charge in [0.05, 0.1) is 17.8 Å². The maximum Gasteiger partial charge on any atom is 0.255 e. The predicted molar refractivity (Wildman–Crippen MR) is 122 cm³/mol. The second kappa shape index (κ2) is 10.6. The van der Waals surface area contributed by atoms with Crippen molar-refractivity contribution in [2.75, 3.05) is 25.0 Å². The Morgan fingerprint density at radius 1 is 0.871 bits per heavy atom. The van der Waals surface area contributed by atoms with Gasteiger partial charge < -0.3 is 21.7 Å². The molecule has 0 saturated carbocycles. The number of nitrogens with one attached hydrogen (secondary N) is 3. The second-order valence-corrected chi connectivity index (χ2v) is 7.32. The number of carbonyl (C=O) groups is 3. The van der Waals surface area contributed by atoms with E-state index in [0.29, 0.717) is 30.1 Å². The molecule has 0 fully saturated rings. The van der Waals surface area contributed by atoms with Gasteiger partial charge in [0.1, 0.15) is 0 Å². The topological polar surface area (TPSA) is 113 Å². The number of hydrogen-bond donors (Lipinski definition) is 4. The standard InChI is InChI=1S/C23H23ClN4O3/c24-18-8-9-19(23(31)27-14-21(29)26-11-3-10-25)20(13-18)28-22(30)17-7-6-15-4-1-2-5-16(15)12-17/h1-2,4-9,12-13H,3,10-11,14,25H2,(H,26,29)(H,27,31)(H,28,30). The van der Waals surface area contributed by atoms with Crippen LogP contribution in [-0.4, -0.2) is 37.4 Å². The minimum absolute atomic E-state index is 0.190. The van der Waals surface area contributed by atoms with Gasteiger partial charge in [0, 0.05) is 17.1 Å².